The van der Waals surface area contributed by atoms with Gasteiger partial charge >= 0.3 is 6.18 Å². The Kier molecular flexibility index (Phi) is 5.16. The van der Waals surface area contributed by atoms with Gasteiger partial charge < -0.3 is 10.2 Å². The largest absolute Gasteiger partial charge is 0.434 e. The lowest BCUT2D eigenvalue weighted by Crippen LogP contribution is -2.56. The van der Waals surface area contributed by atoms with E-state index in [9.17, 15) is 18.0 Å². The van der Waals surface area contributed by atoms with Crippen molar-refractivity contribution in [3.8, 4) is 11.5 Å². The lowest BCUT2D eigenvalue weighted by Gasteiger charge is -2.41. The van der Waals surface area contributed by atoms with Gasteiger partial charge in [-0.3, -0.25) is 14.1 Å². The maximum absolute atomic E-state index is 13.1. The summed E-state index contributed by atoms with van der Waals surface area (Å²) in [6.45, 7) is 3.39. The molecule has 2 fully saturated rings. The SMILES string of the molecule is O=C1CN(C2CCCN(c3ccnc(-c4cnc5cnc(C(F)(F)F)cn45)n3)C2)CCN1. The van der Waals surface area contributed by atoms with Crippen molar-refractivity contribution in [3.05, 3.63) is 36.5 Å². The maximum atomic E-state index is 13.1. The Morgan fingerprint density at radius 3 is 2.81 bits per heavy atom. The number of halogens is 3. The van der Waals surface area contributed by atoms with E-state index in [4.69, 9.17) is 0 Å². The smallest absolute Gasteiger partial charge is 0.355 e. The molecule has 0 bridgehead atoms. The molecule has 5 heterocycles. The number of hydrogen-bond donors (Lipinski definition) is 1. The van der Waals surface area contributed by atoms with Gasteiger partial charge in [0.2, 0.25) is 5.91 Å². The van der Waals surface area contributed by atoms with E-state index in [1.54, 1.807) is 12.3 Å². The molecule has 168 valence electrons. The topological polar surface area (TPSA) is 91.6 Å². The van der Waals surface area contributed by atoms with Gasteiger partial charge in [0, 0.05) is 44.6 Å². The van der Waals surface area contributed by atoms with Crippen molar-refractivity contribution in [2.45, 2.75) is 25.1 Å². The van der Waals surface area contributed by atoms with Crippen LogP contribution in [0, 0.1) is 0 Å². The quantitative estimate of drug-likeness (QED) is 0.654. The fraction of sp³-hybridized carbons (Fsp3) is 0.450. The van der Waals surface area contributed by atoms with Crippen LogP contribution in [0.25, 0.3) is 17.2 Å². The zero-order valence-corrected chi connectivity index (χ0v) is 17.1. The summed E-state index contributed by atoms with van der Waals surface area (Å²) >= 11 is 0. The van der Waals surface area contributed by atoms with E-state index in [0.717, 1.165) is 44.9 Å². The average molecular weight is 446 g/mol. The summed E-state index contributed by atoms with van der Waals surface area (Å²) < 4.78 is 40.6. The number of anilines is 1. The molecule has 3 aromatic heterocycles. The molecule has 1 N–H and O–H groups in total. The van der Waals surface area contributed by atoms with E-state index in [2.05, 4.69) is 35.1 Å². The van der Waals surface area contributed by atoms with Gasteiger partial charge in [0.25, 0.3) is 0 Å². The molecule has 0 spiro atoms. The molecule has 1 unspecified atom stereocenters. The average Bonchev–Trinajstić information content (AvgIpc) is 3.22. The molecule has 5 rings (SSSR count). The summed E-state index contributed by atoms with van der Waals surface area (Å²) in [7, 11) is 0. The van der Waals surface area contributed by atoms with E-state index in [1.165, 1.54) is 10.6 Å². The number of carbonyl (C=O) groups excluding carboxylic acids is 1. The van der Waals surface area contributed by atoms with E-state index in [1.807, 2.05) is 0 Å². The first-order chi connectivity index (χ1) is 15.4. The molecule has 32 heavy (non-hydrogen) atoms. The number of piperazine rings is 1. The van der Waals surface area contributed by atoms with Gasteiger partial charge in [-0.15, -0.1) is 0 Å². The third-order valence-electron chi connectivity index (χ3n) is 5.86. The third-order valence-corrected chi connectivity index (χ3v) is 5.86. The summed E-state index contributed by atoms with van der Waals surface area (Å²) in [6.07, 6.45) is 2.43. The monoisotopic (exact) mass is 446 g/mol. The normalized spacial score (nSPS) is 20.5. The van der Waals surface area contributed by atoms with Gasteiger partial charge in [-0.05, 0) is 18.9 Å². The fourth-order valence-corrected chi connectivity index (χ4v) is 4.28. The van der Waals surface area contributed by atoms with Gasteiger partial charge in [0.1, 0.15) is 11.5 Å². The Hall–Kier alpha value is -3.28. The second-order valence-electron chi connectivity index (χ2n) is 7.94. The molecule has 9 nitrogen and oxygen atoms in total. The first-order valence-corrected chi connectivity index (χ1v) is 10.4. The highest BCUT2D eigenvalue weighted by Gasteiger charge is 2.33. The number of nitrogens with zero attached hydrogens (tertiary/aromatic N) is 7. The molecule has 1 atom stereocenters. The Balaban J connectivity index is 1.42. The Morgan fingerprint density at radius 2 is 2.00 bits per heavy atom. The molecule has 0 radical (unpaired) electrons. The van der Waals surface area contributed by atoms with Crippen molar-refractivity contribution in [1.29, 1.82) is 0 Å². The first-order valence-electron chi connectivity index (χ1n) is 10.4. The van der Waals surface area contributed by atoms with Crippen LogP contribution < -0.4 is 10.2 Å². The molecule has 0 aromatic carbocycles. The summed E-state index contributed by atoms with van der Waals surface area (Å²) in [5.41, 5.74) is -0.371. The number of aromatic nitrogens is 5. The Labute approximate surface area is 181 Å². The lowest BCUT2D eigenvalue weighted by molar-refractivity contribution is -0.141. The van der Waals surface area contributed by atoms with Crippen molar-refractivity contribution < 1.29 is 18.0 Å². The first kappa shape index (κ1) is 20.6. The molecule has 2 aliphatic rings. The van der Waals surface area contributed by atoms with E-state index in [0.29, 0.717) is 24.6 Å². The van der Waals surface area contributed by atoms with E-state index < -0.39 is 11.9 Å². The van der Waals surface area contributed by atoms with Crippen LogP contribution in [0.1, 0.15) is 18.5 Å². The van der Waals surface area contributed by atoms with Gasteiger partial charge in [0.15, 0.2) is 17.2 Å². The molecule has 1 amide bonds. The van der Waals surface area contributed by atoms with Crippen LogP contribution in [0.3, 0.4) is 0 Å². The number of nitrogens with one attached hydrogen (secondary N) is 1. The van der Waals surface area contributed by atoms with Crippen LogP contribution in [0.5, 0.6) is 0 Å². The number of fused-ring (bicyclic) bond motifs is 1. The second-order valence-corrected chi connectivity index (χ2v) is 7.94. The Bertz CT molecular complexity index is 1150. The van der Waals surface area contributed by atoms with Crippen LogP contribution >= 0.6 is 0 Å². The molecule has 3 aromatic rings. The summed E-state index contributed by atoms with van der Waals surface area (Å²) in [4.78, 5) is 32.6. The highest BCUT2D eigenvalue weighted by molar-refractivity contribution is 5.78. The predicted octanol–water partition coefficient (Wildman–Crippen LogP) is 1.61. The molecule has 2 saturated heterocycles. The number of imidazole rings is 1. The predicted molar refractivity (Wildman–Crippen MR) is 109 cm³/mol. The molecular weight excluding hydrogens is 425 g/mol. The molecular formula is C20H21F3N8O. The highest BCUT2D eigenvalue weighted by atomic mass is 19.4. The van der Waals surface area contributed by atoms with Crippen LogP contribution in [-0.4, -0.2) is 73.9 Å². The number of alkyl halides is 3. The molecule has 2 aliphatic heterocycles. The molecule has 0 saturated carbocycles. The van der Waals surface area contributed by atoms with Crippen molar-refractivity contribution in [3.63, 3.8) is 0 Å². The summed E-state index contributed by atoms with van der Waals surface area (Å²) in [5.74, 6) is 1.02. The van der Waals surface area contributed by atoms with Crippen molar-refractivity contribution in [1.82, 2.24) is 34.6 Å². The van der Waals surface area contributed by atoms with Crippen molar-refractivity contribution >= 4 is 17.4 Å². The third kappa shape index (κ3) is 3.97. The zero-order chi connectivity index (χ0) is 22.3. The number of piperidine rings is 1. The summed E-state index contributed by atoms with van der Waals surface area (Å²) in [5, 5.41) is 2.85. The van der Waals surface area contributed by atoms with Gasteiger partial charge in [-0.2, -0.15) is 13.2 Å². The second kappa shape index (κ2) is 8.01. The van der Waals surface area contributed by atoms with E-state index >= 15 is 0 Å². The minimum absolute atomic E-state index is 0.0398. The van der Waals surface area contributed by atoms with E-state index in [-0.39, 0.29) is 23.4 Å². The van der Waals surface area contributed by atoms with Crippen molar-refractivity contribution in [2.24, 2.45) is 0 Å². The zero-order valence-electron chi connectivity index (χ0n) is 17.1. The maximum Gasteiger partial charge on any atom is 0.434 e. The number of hydrogen-bond acceptors (Lipinski definition) is 7. The van der Waals surface area contributed by atoms with Gasteiger partial charge in [-0.1, -0.05) is 0 Å². The number of rotatable bonds is 3. The van der Waals surface area contributed by atoms with Crippen LogP contribution in [-0.2, 0) is 11.0 Å². The number of carbonyl (C=O) groups is 1. The summed E-state index contributed by atoms with van der Waals surface area (Å²) in [6, 6.07) is 2.03. The van der Waals surface area contributed by atoms with Crippen LogP contribution in [0.4, 0.5) is 19.0 Å². The Morgan fingerprint density at radius 1 is 1.12 bits per heavy atom. The standard InChI is InChI=1S/C20H21F3N8O/c21-20(22,23)15-11-31-14(8-27-17(31)9-26-15)19-25-4-3-16(28-19)30-6-1-2-13(10-30)29-7-5-24-18(32)12-29/h3-4,8-9,11,13H,1-2,5-7,10,12H2,(H,24,32). The molecule has 12 heteroatoms. The van der Waals surface area contributed by atoms with Gasteiger partial charge in [0.05, 0.1) is 18.9 Å². The van der Waals surface area contributed by atoms with Crippen molar-refractivity contribution in [2.75, 3.05) is 37.6 Å². The van der Waals surface area contributed by atoms with Crippen LogP contribution in [0.2, 0.25) is 0 Å². The lowest BCUT2D eigenvalue weighted by atomic mass is 10.0. The van der Waals surface area contributed by atoms with Gasteiger partial charge in [-0.25, -0.2) is 19.9 Å². The number of amides is 1. The fourth-order valence-electron chi connectivity index (χ4n) is 4.28. The highest BCUT2D eigenvalue weighted by Crippen LogP contribution is 2.29. The minimum Gasteiger partial charge on any atom is -0.355 e. The van der Waals surface area contributed by atoms with Crippen LogP contribution in [0.15, 0.2) is 30.9 Å². The minimum atomic E-state index is -4.56. The molecule has 0 aliphatic carbocycles.